The van der Waals surface area contributed by atoms with Crippen LogP contribution in [0.4, 0.5) is 4.79 Å². The number of imide groups is 1. The number of nitrogens with two attached hydrogens (primary N) is 1. The van der Waals surface area contributed by atoms with Crippen molar-refractivity contribution in [1.29, 1.82) is 0 Å². The minimum absolute atomic E-state index is 0.197. The van der Waals surface area contributed by atoms with Crippen molar-refractivity contribution in [3.63, 3.8) is 0 Å². The molecule has 0 aliphatic carbocycles. The van der Waals surface area contributed by atoms with Crippen LogP contribution in [-0.2, 0) is 16.1 Å². The molecule has 2 aromatic rings. The Labute approximate surface area is 161 Å². The van der Waals surface area contributed by atoms with Gasteiger partial charge in [-0.25, -0.2) is 0 Å². The standard InChI is InChI=1S/C20H18N2O4S/c1-13-4-2-3-5-15(13)11-22-19(24)17(27-20(22)25)10-14-6-8-16(9-7-14)26-12-18(21)23/h2-10H,11-12H2,1H3,(H2,21,23)/b17-10-. The zero-order valence-electron chi connectivity index (χ0n) is 14.7. The van der Waals surface area contributed by atoms with Crippen molar-refractivity contribution in [2.75, 3.05) is 6.61 Å². The Morgan fingerprint density at radius 2 is 1.85 bits per heavy atom. The van der Waals surface area contributed by atoms with Crippen LogP contribution < -0.4 is 10.5 Å². The second kappa shape index (κ2) is 8.09. The van der Waals surface area contributed by atoms with E-state index in [-0.39, 0.29) is 24.3 Å². The lowest BCUT2D eigenvalue weighted by Crippen LogP contribution is -2.27. The van der Waals surface area contributed by atoms with Crippen LogP contribution in [0.5, 0.6) is 5.75 Å². The highest BCUT2D eigenvalue weighted by atomic mass is 32.2. The number of primary amides is 1. The molecule has 0 bridgehead atoms. The van der Waals surface area contributed by atoms with Gasteiger partial charge in [0.2, 0.25) is 0 Å². The Morgan fingerprint density at radius 3 is 2.52 bits per heavy atom. The third-order valence-electron chi connectivity index (χ3n) is 4.02. The molecule has 3 amide bonds. The van der Waals surface area contributed by atoms with E-state index in [4.69, 9.17) is 10.5 Å². The van der Waals surface area contributed by atoms with E-state index >= 15 is 0 Å². The van der Waals surface area contributed by atoms with E-state index in [1.165, 1.54) is 4.90 Å². The predicted octanol–water partition coefficient (Wildman–Crippen LogP) is 3.10. The minimum Gasteiger partial charge on any atom is -0.484 e. The second-order valence-electron chi connectivity index (χ2n) is 6.02. The first-order chi connectivity index (χ1) is 12.9. The zero-order chi connectivity index (χ0) is 19.4. The fourth-order valence-corrected chi connectivity index (χ4v) is 3.40. The molecule has 1 heterocycles. The van der Waals surface area contributed by atoms with Gasteiger partial charge in [0.1, 0.15) is 5.75 Å². The summed E-state index contributed by atoms with van der Waals surface area (Å²) in [6.07, 6.45) is 1.67. The molecule has 1 aliphatic rings. The molecule has 7 heteroatoms. The van der Waals surface area contributed by atoms with Crippen molar-refractivity contribution in [2.24, 2.45) is 5.73 Å². The van der Waals surface area contributed by atoms with Gasteiger partial charge in [-0.1, -0.05) is 36.4 Å². The first kappa shape index (κ1) is 18.7. The number of carbonyl (C=O) groups is 3. The Bertz CT molecular complexity index is 922. The second-order valence-corrected chi connectivity index (χ2v) is 7.01. The number of benzene rings is 2. The fourth-order valence-electron chi connectivity index (χ4n) is 2.56. The smallest absolute Gasteiger partial charge is 0.293 e. The Kier molecular flexibility index (Phi) is 5.61. The average molecular weight is 382 g/mol. The highest BCUT2D eigenvalue weighted by molar-refractivity contribution is 8.18. The SMILES string of the molecule is Cc1ccccc1CN1C(=O)S/C(=C\c2ccc(OCC(N)=O)cc2)C1=O. The summed E-state index contributed by atoms with van der Waals surface area (Å²) < 4.78 is 5.20. The van der Waals surface area contributed by atoms with Crippen LogP contribution in [0.25, 0.3) is 6.08 Å². The molecule has 2 N–H and O–H groups in total. The lowest BCUT2D eigenvalue weighted by atomic mass is 10.1. The number of nitrogens with zero attached hydrogens (tertiary/aromatic N) is 1. The third-order valence-corrected chi connectivity index (χ3v) is 4.93. The van der Waals surface area contributed by atoms with Crippen molar-refractivity contribution in [1.82, 2.24) is 4.90 Å². The van der Waals surface area contributed by atoms with Crippen LogP contribution >= 0.6 is 11.8 Å². The number of rotatable bonds is 6. The van der Waals surface area contributed by atoms with E-state index in [1.54, 1.807) is 30.3 Å². The number of aryl methyl sites for hydroxylation is 1. The van der Waals surface area contributed by atoms with Gasteiger partial charge in [0.25, 0.3) is 17.1 Å². The molecule has 0 aromatic heterocycles. The van der Waals surface area contributed by atoms with Crippen LogP contribution in [0, 0.1) is 6.92 Å². The number of thioether (sulfide) groups is 1. The molecule has 3 rings (SSSR count). The van der Waals surface area contributed by atoms with Gasteiger partial charge in [0, 0.05) is 0 Å². The number of amides is 3. The van der Waals surface area contributed by atoms with Gasteiger partial charge >= 0.3 is 0 Å². The van der Waals surface area contributed by atoms with Crippen molar-refractivity contribution in [3.05, 3.63) is 70.1 Å². The van der Waals surface area contributed by atoms with Crippen molar-refractivity contribution >= 4 is 34.9 Å². The maximum atomic E-state index is 12.6. The topological polar surface area (TPSA) is 89.7 Å². The molecule has 1 aliphatic heterocycles. The first-order valence-electron chi connectivity index (χ1n) is 8.25. The summed E-state index contributed by atoms with van der Waals surface area (Å²) in [5, 5.41) is -0.282. The van der Waals surface area contributed by atoms with Gasteiger partial charge in [-0.05, 0) is 53.6 Å². The van der Waals surface area contributed by atoms with Crippen molar-refractivity contribution < 1.29 is 19.1 Å². The van der Waals surface area contributed by atoms with Gasteiger partial charge in [0.05, 0.1) is 11.4 Å². The first-order valence-corrected chi connectivity index (χ1v) is 9.07. The number of hydrogen-bond acceptors (Lipinski definition) is 5. The van der Waals surface area contributed by atoms with E-state index < -0.39 is 5.91 Å². The molecule has 0 spiro atoms. The molecule has 0 unspecified atom stereocenters. The molecule has 1 saturated heterocycles. The quantitative estimate of drug-likeness (QED) is 0.776. The molecule has 0 radical (unpaired) electrons. The minimum atomic E-state index is -0.554. The highest BCUT2D eigenvalue weighted by Gasteiger charge is 2.35. The normalized spacial score (nSPS) is 15.4. The van der Waals surface area contributed by atoms with Gasteiger partial charge < -0.3 is 10.5 Å². The van der Waals surface area contributed by atoms with Crippen LogP contribution in [0.1, 0.15) is 16.7 Å². The van der Waals surface area contributed by atoms with Crippen LogP contribution in [0.2, 0.25) is 0 Å². The van der Waals surface area contributed by atoms with Gasteiger partial charge in [0.15, 0.2) is 6.61 Å². The molecule has 138 valence electrons. The van der Waals surface area contributed by atoms with E-state index in [0.29, 0.717) is 10.7 Å². The highest BCUT2D eigenvalue weighted by Crippen LogP contribution is 2.33. The summed E-state index contributed by atoms with van der Waals surface area (Å²) >= 11 is 0.926. The van der Waals surface area contributed by atoms with Gasteiger partial charge in [-0.2, -0.15) is 0 Å². The summed E-state index contributed by atoms with van der Waals surface area (Å²) in [6.45, 7) is 2.01. The van der Waals surface area contributed by atoms with Crippen molar-refractivity contribution in [2.45, 2.75) is 13.5 Å². The van der Waals surface area contributed by atoms with Gasteiger partial charge in [-0.15, -0.1) is 0 Å². The Morgan fingerprint density at radius 1 is 1.15 bits per heavy atom. The maximum Gasteiger partial charge on any atom is 0.293 e. The Balaban J connectivity index is 1.72. The van der Waals surface area contributed by atoms with Crippen LogP contribution in [0.15, 0.2) is 53.4 Å². The lowest BCUT2D eigenvalue weighted by Gasteiger charge is -2.14. The molecule has 6 nitrogen and oxygen atoms in total. The van der Waals surface area contributed by atoms with Crippen molar-refractivity contribution in [3.8, 4) is 5.75 Å². The summed E-state index contributed by atoms with van der Waals surface area (Å²) in [5.74, 6) is -0.359. The van der Waals surface area contributed by atoms with E-state index in [1.807, 2.05) is 31.2 Å². The van der Waals surface area contributed by atoms with E-state index in [0.717, 1.165) is 28.5 Å². The Hall–Kier alpha value is -3.06. The molecule has 27 heavy (non-hydrogen) atoms. The fraction of sp³-hybridized carbons (Fsp3) is 0.150. The van der Waals surface area contributed by atoms with Gasteiger partial charge in [-0.3, -0.25) is 19.3 Å². The summed E-state index contributed by atoms with van der Waals surface area (Å²) in [7, 11) is 0. The van der Waals surface area contributed by atoms with Crippen LogP contribution in [-0.4, -0.2) is 28.6 Å². The number of hydrogen-bond donors (Lipinski definition) is 1. The molecule has 2 aromatic carbocycles. The van der Waals surface area contributed by atoms with Crippen LogP contribution in [0.3, 0.4) is 0 Å². The largest absolute Gasteiger partial charge is 0.484 e. The molecule has 1 fully saturated rings. The van der Waals surface area contributed by atoms with E-state index in [2.05, 4.69) is 0 Å². The maximum absolute atomic E-state index is 12.6. The lowest BCUT2D eigenvalue weighted by molar-refractivity contribution is -0.123. The summed E-state index contributed by atoms with van der Waals surface area (Å²) in [6, 6.07) is 14.5. The third kappa shape index (κ3) is 4.57. The molecule has 0 atom stereocenters. The predicted molar refractivity (Wildman–Crippen MR) is 104 cm³/mol. The molecular formula is C20H18N2O4S. The zero-order valence-corrected chi connectivity index (χ0v) is 15.5. The monoisotopic (exact) mass is 382 g/mol. The van der Waals surface area contributed by atoms with E-state index in [9.17, 15) is 14.4 Å². The molecule has 0 saturated carbocycles. The summed E-state index contributed by atoms with van der Waals surface area (Å²) in [5.41, 5.74) is 7.76. The average Bonchev–Trinajstić information content (AvgIpc) is 2.90. The number of carbonyl (C=O) groups excluding carboxylic acids is 3. The summed E-state index contributed by atoms with van der Waals surface area (Å²) in [4.78, 5) is 37.2. The molecular weight excluding hydrogens is 364 g/mol. The number of ether oxygens (including phenoxy) is 1.